The first-order chi connectivity index (χ1) is 11.2. The highest BCUT2D eigenvalue weighted by atomic mass is 31.2. The van der Waals surface area contributed by atoms with Gasteiger partial charge in [-0.2, -0.15) is 0 Å². The Morgan fingerprint density at radius 3 is 1.74 bits per heavy atom. The molecule has 0 aliphatic heterocycles. The van der Waals surface area contributed by atoms with Crippen LogP contribution in [-0.2, 0) is 4.57 Å². The number of hydrogen-bond acceptors (Lipinski definition) is 2. The minimum Gasteiger partial charge on any atom is -0.497 e. The lowest BCUT2D eigenvalue weighted by atomic mass is 10.2. The minimum atomic E-state index is -2.90. The minimum absolute atomic E-state index is 0.777. The highest BCUT2D eigenvalue weighted by Gasteiger charge is 2.30. The molecule has 0 aliphatic carbocycles. The molecular formula is C20H19O2P. The van der Waals surface area contributed by atoms with Crippen molar-refractivity contribution < 1.29 is 9.30 Å². The molecule has 0 spiro atoms. The first kappa shape index (κ1) is 15.6. The highest BCUT2D eigenvalue weighted by Crippen LogP contribution is 2.43. The average molecular weight is 322 g/mol. The van der Waals surface area contributed by atoms with Gasteiger partial charge in [0.2, 0.25) is 0 Å². The standard InChI is InChI=1S/C20H19O2P/c1-16-15-17(22-2)13-14-20(16)23(21,18-9-5-3-6-10-18)19-11-7-4-8-12-19/h3-15H,1-2H3. The Morgan fingerprint density at radius 2 is 1.30 bits per heavy atom. The summed E-state index contributed by atoms with van der Waals surface area (Å²) in [5.74, 6) is 0.777. The Balaban J connectivity index is 2.28. The van der Waals surface area contributed by atoms with Gasteiger partial charge in [0, 0.05) is 15.9 Å². The van der Waals surface area contributed by atoms with Gasteiger partial charge < -0.3 is 9.30 Å². The highest BCUT2D eigenvalue weighted by molar-refractivity contribution is 7.85. The van der Waals surface area contributed by atoms with Crippen LogP contribution >= 0.6 is 7.14 Å². The van der Waals surface area contributed by atoms with E-state index in [-0.39, 0.29) is 0 Å². The Bertz CT molecular complexity index is 799. The van der Waals surface area contributed by atoms with E-state index in [1.807, 2.05) is 85.8 Å². The fourth-order valence-electron chi connectivity index (χ4n) is 2.81. The SMILES string of the molecule is COc1ccc(P(=O)(c2ccccc2)c2ccccc2)c(C)c1. The fourth-order valence-corrected chi connectivity index (χ4v) is 5.70. The summed E-state index contributed by atoms with van der Waals surface area (Å²) in [6.07, 6.45) is 0. The molecule has 3 rings (SSSR count). The monoisotopic (exact) mass is 322 g/mol. The second-order valence-electron chi connectivity index (χ2n) is 5.43. The zero-order valence-electron chi connectivity index (χ0n) is 13.3. The molecule has 0 saturated carbocycles. The van der Waals surface area contributed by atoms with Gasteiger partial charge >= 0.3 is 0 Å². The quantitative estimate of drug-likeness (QED) is 0.686. The van der Waals surface area contributed by atoms with Crippen molar-refractivity contribution in [2.75, 3.05) is 7.11 Å². The smallest absolute Gasteiger partial charge is 0.171 e. The van der Waals surface area contributed by atoms with Crippen LogP contribution in [0.15, 0.2) is 78.9 Å². The molecule has 0 aliphatic rings. The molecule has 0 fully saturated rings. The van der Waals surface area contributed by atoms with Crippen molar-refractivity contribution in [2.24, 2.45) is 0 Å². The maximum Gasteiger partial charge on any atom is 0.171 e. The molecule has 0 atom stereocenters. The second kappa shape index (κ2) is 6.44. The van der Waals surface area contributed by atoms with Crippen molar-refractivity contribution in [1.82, 2.24) is 0 Å². The van der Waals surface area contributed by atoms with Gasteiger partial charge in [-0.05, 0) is 30.7 Å². The summed E-state index contributed by atoms with van der Waals surface area (Å²) in [6.45, 7) is 1.98. The molecule has 0 N–H and O–H groups in total. The number of methoxy groups -OCH3 is 1. The second-order valence-corrected chi connectivity index (χ2v) is 8.17. The number of rotatable bonds is 4. The fraction of sp³-hybridized carbons (Fsp3) is 0.100. The van der Waals surface area contributed by atoms with E-state index >= 15 is 0 Å². The van der Waals surface area contributed by atoms with Gasteiger partial charge in [0.15, 0.2) is 7.14 Å². The zero-order valence-corrected chi connectivity index (χ0v) is 14.2. The van der Waals surface area contributed by atoms with Crippen molar-refractivity contribution in [2.45, 2.75) is 6.92 Å². The molecule has 3 heteroatoms. The summed E-state index contributed by atoms with van der Waals surface area (Å²) in [5.41, 5.74) is 0.973. The van der Waals surface area contributed by atoms with E-state index < -0.39 is 7.14 Å². The molecule has 0 radical (unpaired) electrons. The van der Waals surface area contributed by atoms with Crippen LogP contribution in [-0.4, -0.2) is 7.11 Å². The molecule has 23 heavy (non-hydrogen) atoms. The summed E-state index contributed by atoms with van der Waals surface area (Å²) >= 11 is 0. The van der Waals surface area contributed by atoms with Gasteiger partial charge in [-0.3, -0.25) is 0 Å². The third-order valence-electron chi connectivity index (χ3n) is 3.98. The summed E-state index contributed by atoms with van der Waals surface area (Å²) in [4.78, 5) is 0. The van der Waals surface area contributed by atoms with E-state index in [9.17, 15) is 4.57 Å². The lowest BCUT2D eigenvalue weighted by Gasteiger charge is -2.22. The van der Waals surface area contributed by atoms with E-state index in [1.54, 1.807) is 7.11 Å². The van der Waals surface area contributed by atoms with Crippen LogP contribution in [0.1, 0.15) is 5.56 Å². The van der Waals surface area contributed by atoms with Gasteiger partial charge in [0.05, 0.1) is 7.11 Å². The van der Waals surface area contributed by atoms with Crippen LogP contribution in [0, 0.1) is 6.92 Å². The topological polar surface area (TPSA) is 26.3 Å². The lowest BCUT2D eigenvalue weighted by Crippen LogP contribution is -2.26. The van der Waals surface area contributed by atoms with E-state index in [4.69, 9.17) is 4.74 Å². The van der Waals surface area contributed by atoms with Crippen LogP contribution in [0.5, 0.6) is 5.75 Å². The molecule has 0 unspecified atom stereocenters. The Labute approximate surface area is 137 Å². The Morgan fingerprint density at radius 1 is 0.783 bits per heavy atom. The number of hydrogen-bond donors (Lipinski definition) is 0. The predicted molar refractivity (Wildman–Crippen MR) is 97.1 cm³/mol. The summed E-state index contributed by atoms with van der Waals surface area (Å²) in [6, 6.07) is 25.1. The third kappa shape index (κ3) is 2.83. The number of aryl methyl sites for hydroxylation is 1. The van der Waals surface area contributed by atoms with Gasteiger partial charge in [-0.15, -0.1) is 0 Å². The van der Waals surface area contributed by atoms with Crippen LogP contribution in [0.2, 0.25) is 0 Å². The van der Waals surface area contributed by atoms with Gasteiger partial charge in [-0.1, -0.05) is 60.7 Å². The molecule has 3 aromatic carbocycles. The van der Waals surface area contributed by atoms with E-state index in [0.717, 1.165) is 27.2 Å². The molecule has 0 amide bonds. The van der Waals surface area contributed by atoms with Crippen LogP contribution < -0.4 is 20.7 Å². The van der Waals surface area contributed by atoms with Gasteiger partial charge in [-0.25, -0.2) is 0 Å². The van der Waals surface area contributed by atoms with Crippen LogP contribution in [0.3, 0.4) is 0 Å². The van der Waals surface area contributed by atoms with E-state index in [2.05, 4.69) is 0 Å². The van der Waals surface area contributed by atoms with Crippen molar-refractivity contribution in [3.05, 3.63) is 84.4 Å². The molecule has 0 bridgehead atoms. The largest absolute Gasteiger partial charge is 0.497 e. The van der Waals surface area contributed by atoms with Crippen molar-refractivity contribution in [1.29, 1.82) is 0 Å². The molecule has 2 nitrogen and oxygen atoms in total. The molecular weight excluding hydrogens is 303 g/mol. The maximum atomic E-state index is 14.2. The number of benzene rings is 3. The van der Waals surface area contributed by atoms with Gasteiger partial charge in [0.25, 0.3) is 0 Å². The van der Waals surface area contributed by atoms with Crippen LogP contribution in [0.4, 0.5) is 0 Å². The van der Waals surface area contributed by atoms with Gasteiger partial charge in [0.1, 0.15) is 5.75 Å². The number of ether oxygens (including phenoxy) is 1. The summed E-state index contributed by atoms with van der Waals surface area (Å²) in [5, 5.41) is 2.55. The Hall–Kier alpha value is -2.31. The lowest BCUT2D eigenvalue weighted by molar-refractivity contribution is 0.414. The van der Waals surface area contributed by atoms with Crippen LogP contribution in [0.25, 0.3) is 0 Å². The van der Waals surface area contributed by atoms with Crippen molar-refractivity contribution >= 4 is 23.1 Å². The molecule has 3 aromatic rings. The average Bonchev–Trinajstić information content (AvgIpc) is 2.62. The summed E-state index contributed by atoms with van der Waals surface area (Å²) in [7, 11) is -1.26. The molecule has 0 heterocycles. The molecule has 116 valence electrons. The van der Waals surface area contributed by atoms with Crippen molar-refractivity contribution in [3.8, 4) is 5.75 Å². The Kier molecular flexibility index (Phi) is 4.36. The van der Waals surface area contributed by atoms with Crippen molar-refractivity contribution in [3.63, 3.8) is 0 Å². The molecule has 0 saturated heterocycles. The first-order valence-electron chi connectivity index (χ1n) is 7.53. The maximum absolute atomic E-state index is 14.2. The van der Waals surface area contributed by atoms with E-state index in [0.29, 0.717) is 0 Å². The zero-order chi connectivity index (χ0) is 16.3. The van der Waals surface area contributed by atoms with E-state index in [1.165, 1.54) is 0 Å². The predicted octanol–water partition coefficient (Wildman–Crippen LogP) is 3.64. The molecule has 0 aromatic heterocycles. The summed E-state index contributed by atoms with van der Waals surface area (Å²) < 4.78 is 19.5. The first-order valence-corrected chi connectivity index (χ1v) is 9.23. The normalized spacial score (nSPS) is 11.2. The third-order valence-corrected chi connectivity index (χ3v) is 7.21.